The minimum absolute atomic E-state index is 0.124. The molecule has 10 heteroatoms. The predicted molar refractivity (Wildman–Crippen MR) is 179 cm³/mol. The van der Waals surface area contributed by atoms with Gasteiger partial charge in [-0.05, 0) is 109 Å². The lowest BCUT2D eigenvalue weighted by Crippen LogP contribution is -2.47. The largest absolute Gasteiger partial charge is 0.444 e. The molecular formula is C35H48N6O4. The van der Waals surface area contributed by atoms with Crippen LogP contribution in [0.5, 0.6) is 0 Å². The molecule has 1 aromatic carbocycles. The molecule has 0 saturated carbocycles. The molecule has 242 valence electrons. The fourth-order valence-electron chi connectivity index (χ4n) is 5.80. The van der Waals surface area contributed by atoms with Crippen molar-refractivity contribution in [1.82, 2.24) is 25.1 Å². The van der Waals surface area contributed by atoms with Gasteiger partial charge in [-0.15, -0.1) is 0 Å². The Kier molecular flexibility index (Phi) is 10.4. The van der Waals surface area contributed by atoms with Crippen LogP contribution in [0.4, 0.5) is 10.5 Å². The van der Waals surface area contributed by atoms with Crippen molar-refractivity contribution < 1.29 is 14.3 Å². The number of aromatic amines is 1. The molecule has 0 aliphatic carbocycles. The number of benzene rings is 1. The second-order valence-corrected chi connectivity index (χ2v) is 13.4. The van der Waals surface area contributed by atoms with E-state index in [0.29, 0.717) is 24.2 Å². The van der Waals surface area contributed by atoms with E-state index in [9.17, 15) is 14.4 Å². The molecule has 4 rings (SSSR count). The Hall–Kier alpha value is -4.18. The van der Waals surface area contributed by atoms with Crippen LogP contribution in [0.25, 0.3) is 11.1 Å². The van der Waals surface area contributed by atoms with Gasteiger partial charge in [-0.2, -0.15) is 0 Å². The highest BCUT2D eigenvalue weighted by atomic mass is 16.6. The fraction of sp³-hybridized carbons (Fsp3) is 0.486. The van der Waals surface area contributed by atoms with Crippen molar-refractivity contribution >= 4 is 17.7 Å². The van der Waals surface area contributed by atoms with Crippen molar-refractivity contribution in [2.24, 2.45) is 0 Å². The van der Waals surface area contributed by atoms with Crippen LogP contribution < -0.4 is 15.8 Å². The van der Waals surface area contributed by atoms with E-state index in [1.807, 2.05) is 86.1 Å². The molecule has 0 radical (unpaired) electrons. The highest BCUT2D eigenvalue weighted by molar-refractivity contribution is 5.99. The summed E-state index contributed by atoms with van der Waals surface area (Å²) in [6, 6.07) is 10.1. The van der Waals surface area contributed by atoms with Crippen molar-refractivity contribution in [3.8, 4) is 11.1 Å². The Balaban J connectivity index is 1.63. The summed E-state index contributed by atoms with van der Waals surface area (Å²) in [5, 5.41) is 2.99. The van der Waals surface area contributed by atoms with Gasteiger partial charge < -0.3 is 29.7 Å². The van der Waals surface area contributed by atoms with Crippen molar-refractivity contribution in [3.63, 3.8) is 0 Å². The topological polar surface area (TPSA) is 111 Å². The number of hydrogen-bond donors (Lipinski definition) is 2. The second-order valence-electron chi connectivity index (χ2n) is 13.4. The Morgan fingerprint density at radius 3 is 2.31 bits per heavy atom. The first-order chi connectivity index (χ1) is 21.1. The maximum atomic E-state index is 13.7. The number of nitrogens with zero attached hydrogens (tertiary/aromatic N) is 4. The quantitative estimate of drug-likeness (QED) is 0.358. The van der Waals surface area contributed by atoms with E-state index >= 15 is 0 Å². The van der Waals surface area contributed by atoms with Crippen LogP contribution in [0.15, 0.2) is 41.3 Å². The lowest BCUT2D eigenvalue weighted by atomic mass is 9.95. The third-order valence-corrected chi connectivity index (χ3v) is 8.22. The van der Waals surface area contributed by atoms with Crippen molar-refractivity contribution in [3.05, 3.63) is 80.5 Å². The van der Waals surface area contributed by atoms with Crippen molar-refractivity contribution in [1.29, 1.82) is 0 Å². The maximum absolute atomic E-state index is 13.7. The van der Waals surface area contributed by atoms with Gasteiger partial charge in [0.05, 0.1) is 5.69 Å². The molecule has 2 aromatic heterocycles. The molecule has 3 heterocycles. The van der Waals surface area contributed by atoms with Gasteiger partial charge in [0.15, 0.2) is 0 Å². The monoisotopic (exact) mass is 616 g/mol. The number of hydrogen-bond acceptors (Lipinski definition) is 7. The lowest BCUT2D eigenvalue weighted by Gasteiger charge is -2.39. The molecule has 2 amide bonds. The smallest absolute Gasteiger partial charge is 0.410 e. The number of amides is 2. The fourth-order valence-corrected chi connectivity index (χ4v) is 5.80. The first kappa shape index (κ1) is 33.7. The zero-order chi connectivity index (χ0) is 33.1. The normalized spacial score (nSPS) is 14.0. The van der Waals surface area contributed by atoms with Gasteiger partial charge in [0.1, 0.15) is 5.60 Å². The third kappa shape index (κ3) is 8.51. The van der Waals surface area contributed by atoms with E-state index in [1.165, 1.54) is 0 Å². The minimum atomic E-state index is -0.537. The molecule has 45 heavy (non-hydrogen) atoms. The van der Waals surface area contributed by atoms with Gasteiger partial charge in [0.2, 0.25) is 0 Å². The summed E-state index contributed by atoms with van der Waals surface area (Å²) in [6.45, 7) is 13.4. The van der Waals surface area contributed by atoms with Gasteiger partial charge in [0, 0.05) is 73.5 Å². The molecule has 0 unspecified atom stereocenters. The summed E-state index contributed by atoms with van der Waals surface area (Å²) in [4.78, 5) is 52.6. The van der Waals surface area contributed by atoms with Crippen LogP contribution in [0.1, 0.15) is 72.0 Å². The number of aromatic nitrogens is 2. The summed E-state index contributed by atoms with van der Waals surface area (Å²) in [5.41, 5.74) is 6.51. The van der Waals surface area contributed by atoms with Gasteiger partial charge in [-0.3, -0.25) is 14.6 Å². The van der Waals surface area contributed by atoms with Crippen molar-refractivity contribution in [2.75, 3.05) is 39.1 Å². The van der Waals surface area contributed by atoms with Crippen LogP contribution in [-0.4, -0.2) is 77.6 Å². The summed E-state index contributed by atoms with van der Waals surface area (Å²) in [6.07, 6.45) is 3.12. The number of pyridine rings is 2. The van der Waals surface area contributed by atoms with Crippen LogP contribution >= 0.6 is 0 Å². The average molecular weight is 617 g/mol. The number of ether oxygens (including phenoxy) is 1. The van der Waals surface area contributed by atoms with E-state index in [0.717, 1.165) is 58.7 Å². The molecule has 0 spiro atoms. The second kappa shape index (κ2) is 13.9. The highest BCUT2D eigenvalue weighted by Gasteiger charge is 2.30. The number of anilines is 1. The zero-order valence-corrected chi connectivity index (χ0v) is 28.2. The van der Waals surface area contributed by atoms with Crippen molar-refractivity contribution in [2.45, 2.75) is 79.1 Å². The number of carbonyl (C=O) groups is 2. The standard InChI is InChI=1S/C35H48N6O4/c1-22-16-23(2)38-33(43)30(22)20-37-32(42)29-17-26(25-10-11-27(36-19-25)21-39(7)8)18-31(24(29)3)40(9)28-12-14-41(15-13-28)34(44)45-35(4,5)6/h10-11,16-19,28H,12-15,20-21H2,1-9H3,(H,37,42)(H,38,43). The van der Waals surface area contributed by atoms with E-state index in [2.05, 4.69) is 38.2 Å². The van der Waals surface area contributed by atoms with Gasteiger partial charge >= 0.3 is 6.09 Å². The SMILES string of the molecule is Cc1cc(C)c(CNC(=O)c2cc(-c3ccc(CN(C)C)nc3)cc(N(C)C3CCN(C(=O)OC(C)(C)C)CC3)c2C)c(=O)[nH]1. The first-order valence-electron chi connectivity index (χ1n) is 15.6. The van der Waals surface area contributed by atoms with E-state index in [-0.39, 0.29) is 30.1 Å². The number of rotatable bonds is 8. The first-order valence-corrected chi connectivity index (χ1v) is 15.6. The number of carbonyl (C=O) groups excluding carboxylic acids is 2. The molecule has 10 nitrogen and oxygen atoms in total. The number of piperidine rings is 1. The summed E-state index contributed by atoms with van der Waals surface area (Å²) in [5.74, 6) is -0.250. The average Bonchev–Trinajstić information content (AvgIpc) is 2.95. The van der Waals surface area contributed by atoms with Gasteiger partial charge in [-0.1, -0.05) is 6.07 Å². The predicted octanol–water partition coefficient (Wildman–Crippen LogP) is 5.19. The molecule has 1 aliphatic rings. The highest BCUT2D eigenvalue weighted by Crippen LogP contribution is 2.33. The Morgan fingerprint density at radius 1 is 1.04 bits per heavy atom. The summed E-state index contributed by atoms with van der Waals surface area (Å²) in [7, 11) is 6.06. The number of nitrogens with one attached hydrogen (secondary N) is 2. The number of likely N-dealkylation sites (tertiary alicyclic amines) is 1. The maximum Gasteiger partial charge on any atom is 0.410 e. The molecule has 1 fully saturated rings. The lowest BCUT2D eigenvalue weighted by molar-refractivity contribution is 0.0205. The van der Waals surface area contributed by atoms with E-state index in [1.54, 1.807) is 4.90 Å². The Morgan fingerprint density at radius 2 is 1.73 bits per heavy atom. The third-order valence-electron chi connectivity index (χ3n) is 8.22. The van der Waals surface area contributed by atoms with Crippen LogP contribution in [-0.2, 0) is 17.8 Å². The summed E-state index contributed by atoms with van der Waals surface area (Å²) >= 11 is 0. The molecule has 1 aliphatic heterocycles. The zero-order valence-electron chi connectivity index (χ0n) is 28.2. The molecule has 0 bridgehead atoms. The molecule has 0 atom stereocenters. The van der Waals surface area contributed by atoms with Crippen LogP contribution in [0, 0.1) is 20.8 Å². The van der Waals surface area contributed by atoms with E-state index < -0.39 is 5.60 Å². The number of aryl methyl sites for hydroxylation is 2. The van der Waals surface area contributed by atoms with Gasteiger partial charge in [-0.25, -0.2) is 4.79 Å². The molecule has 3 aromatic rings. The Bertz CT molecular complexity index is 1580. The minimum Gasteiger partial charge on any atom is -0.444 e. The van der Waals surface area contributed by atoms with Crippen LogP contribution in [0.2, 0.25) is 0 Å². The molecule has 1 saturated heterocycles. The Labute approximate surface area is 266 Å². The van der Waals surface area contributed by atoms with E-state index in [4.69, 9.17) is 4.74 Å². The molecule has 2 N–H and O–H groups in total. The van der Waals surface area contributed by atoms with Crippen LogP contribution in [0.3, 0.4) is 0 Å². The summed E-state index contributed by atoms with van der Waals surface area (Å²) < 4.78 is 5.59. The molecular weight excluding hydrogens is 568 g/mol. The number of H-pyrrole nitrogens is 1. The van der Waals surface area contributed by atoms with Gasteiger partial charge in [0.25, 0.3) is 11.5 Å².